The van der Waals surface area contributed by atoms with Crippen LogP contribution in [0.2, 0.25) is 0 Å². The number of hydrogen-bond donors (Lipinski definition) is 1. The molecule has 3 rings (SSSR count). The van der Waals surface area contributed by atoms with Crippen molar-refractivity contribution in [1.82, 2.24) is 20.2 Å². The molecule has 3 heterocycles. The Morgan fingerprint density at radius 1 is 1.33 bits per heavy atom. The van der Waals surface area contributed by atoms with Gasteiger partial charge in [-0.2, -0.15) is 0 Å². The number of nitrogens with one attached hydrogen (secondary N) is 1. The van der Waals surface area contributed by atoms with Crippen molar-refractivity contribution in [2.24, 2.45) is 5.92 Å². The zero-order valence-electron chi connectivity index (χ0n) is 15.5. The number of rotatable bonds is 3. The first kappa shape index (κ1) is 19.7. The lowest BCUT2D eigenvalue weighted by Crippen LogP contribution is -2.56. The topological polar surface area (TPSA) is 75.2 Å². The smallest absolute Gasteiger partial charge is 0.270 e. The monoisotopic (exact) mass is 436 g/mol. The van der Waals surface area contributed by atoms with Crippen LogP contribution in [0.3, 0.4) is 0 Å². The number of alkyl halides is 1. The zero-order chi connectivity index (χ0) is 19.8. The number of fused-ring (bicyclic) bond motifs is 1. The van der Waals surface area contributed by atoms with E-state index in [9.17, 15) is 14.0 Å². The first-order chi connectivity index (χ1) is 12.7. The van der Waals surface area contributed by atoms with Gasteiger partial charge < -0.3 is 10.2 Å². The number of carbonyl (C=O) groups is 2. The SMILES string of the molecule is CC1CCN(C(=O)C(C)(C)F)CC1NC(=O)c1ccc2cncc(Br)c2n1. The fraction of sp³-hybridized carbons (Fsp3) is 0.474. The summed E-state index contributed by atoms with van der Waals surface area (Å²) in [7, 11) is 0. The molecule has 27 heavy (non-hydrogen) atoms. The third kappa shape index (κ3) is 4.26. The van der Waals surface area contributed by atoms with Crippen LogP contribution in [-0.2, 0) is 4.79 Å². The van der Waals surface area contributed by atoms with Gasteiger partial charge in [0.1, 0.15) is 5.69 Å². The Hall–Kier alpha value is -2.09. The predicted octanol–water partition coefficient (Wildman–Crippen LogP) is 3.11. The highest BCUT2D eigenvalue weighted by Gasteiger charge is 2.37. The minimum absolute atomic E-state index is 0.178. The highest BCUT2D eigenvalue weighted by molar-refractivity contribution is 9.10. The molecular formula is C19H22BrFN4O2. The zero-order valence-corrected chi connectivity index (χ0v) is 17.1. The Morgan fingerprint density at radius 3 is 2.78 bits per heavy atom. The maximum absolute atomic E-state index is 14.0. The molecule has 2 amide bonds. The van der Waals surface area contributed by atoms with E-state index in [2.05, 4.69) is 31.2 Å². The summed E-state index contributed by atoms with van der Waals surface area (Å²) in [6.45, 7) is 5.32. The Bertz CT molecular complexity index is 884. The lowest BCUT2D eigenvalue weighted by atomic mass is 9.92. The summed E-state index contributed by atoms with van der Waals surface area (Å²) in [6.07, 6.45) is 4.01. The average molecular weight is 437 g/mol. The van der Waals surface area contributed by atoms with Crippen molar-refractivity contribution < 1.29 is 14.0 Å². The first-order valence-corrected chi connectivity index (χ1v) is 9.65. The van der Waals surface area contributed by atoms with E-state index in [1.54, 1.807) is 24.5 Å². The van der Waals surface area contributed by atoms with Gasteiger partial charge in [-0.05, 0) is 54.2 Å². The molecule has 0 aliphatic carbocycles. The van der Waals surface area contributed by atoms with E-state index < -0.39 is 11.6 Å². The molecule has 1 aliphatic rings. The summed E-state index contributed by atoms with van der Waals surface area (Å²) < 4.78 is 14.7. The van der Waals surface area contributed by atoms with E-state index in [0.717, 1.165) is 5.39 Å². The van der Waals surface area contributed by atoms with Crippen molar-refractivity contribution in [2.45, 2.75) is 38.9 Å². The second-order valence-corrected chi connectivity index (χ2v) is 8.31. The molecule has 2 aromatic heterocycles. The molecule has 144 valence electrons. The maximum atomic E-state index is 14.0. The molecule has 6 nitrogen and oxygen atoms in total. The summed E-state index contributed by atoms with van der Waals surface area (Å²) in [4.78, 5) is 34.9. The Balaban J connectivity index is 1.76. The fourth-order valence-electron chi connectivity index (χ4n) is 3.20. The van der Waals surface area contributed by atoms with Gasteiger partial charge in [0.25, 0.3) is 11.8 Å². The lowest BCUT2D eigenvalue weighted by molar-refractivity contribution is -0.143. The van der Waals surface area contributed by atoms with Crippen LogP contribution in [-0.4, -0.2) is 51.5 Å². The van der Waals surface area contributed by atoms with Crippen LogP contribution in [0.15, 0.2) is 29.0 Å². The van der Waals surface area contributed by atoms with Crippen molar-refractivity contribution >= 4 is 38.6 Å². The van der Waals surface area contributed by atoms with Crippen LogP contribution in [0.4, 0.5) is 4.39 Å². The first-order valence-electron chi connectivity index (χ1n) is 8.86. The molecule has 2 unspecified atom stereocenters. The molecule has 1 aliphatic heterocycles. The van der Waals surface area contributed by atoms with Crippen LogP contribution in [0, 0.1) is 5.92 Å². The van der Waals surface area contributed by atoms with Gasteiger partial charge in [0, 0.05) is 36.9 Å². The molecule has 1 N–H and O–H groups in total. The molecule has 2 atom stereocenters. The molecule has 1 saturated heterocycles. The lowest BCUT2D eigenvalue weighted by Gasteiger charge is -2.39. The van der Waals surface area contributed by atoms with Crippen molar-refractivity contribution in [3.8, 4) is 0 Å². The summed E-state index contributed by atoms with van der Waals surface area (Å²) >= 11 is 3.39. The van der Waals surface area contributed by atoms with Crippen molar-refractivity contribution in [2.75, 3.05) is 13.1 Å². The van der Waals surface area contributed by atoms with Gasteiger partial charge in [0.05, 0.1) is 9.99 Å². The molecule has 0 spiro atoms. The van der Waals surface area contributed by atoms with E-state index in [-0.39, 0.29) is 23.6 Å². The number of likely N-dealkylation sites (tertiary alicyclic amines) is 1. The van der Waals surface area contributed by atoms with Gasteiger partial charge in [-0.3, -0.25) is 14.6 Å². The van der Waals surface area contributed by atoms with Crippen molar-refractivity contribution in [3.63, 3.8) is 0 Å². The molecule has 0 bridgehead atoms. The molecule has 0 radical (unpaired) electrons. The minimum Gasteiger partial charge on any atom is -0.346 e. The molecule has 1 fully saturated rings. The summed E-state index contributed by atoms with van der Waals surface area (Å²) in [5.74, 6) is -0.683. The van der Waals surface area contributed by atoms with Crippen molar-refractivity contribution in [3.05, 3.63) is 34.7 Å². The van der Waals surface area contributed by atoms with Crippen LogP contribution >= 0.6 is 15.9 Å². The molecule has 8 heteroatoms. The van der Waals surface area contributed by atoms with Gasteiger partial charge in [-0.15, -0.1) is 0 Å². The second kappa shape index (κ2) is 7.50. The Morgan fingerprint density at radius 2 is 2.07 bits per heavy atom. The quantitative estimate of drug-likeness (QED) is 0.801. The number of pyridine rings is 2. The van der Waals surface area contributed by atoms with Crippen LogP contribution in [0.25, 0.3) is 10.9 Å². The summed E-state index contributed by atoms with van der Waals surface area (Å²) in [6, 6.07) is 3.18. The summed E-state index contributed by atoms with van der Waals surface area (Å²) in [5.41, 5.74) is -0.976. The highest BCUT2D eigenvalue weighted by Crippen LogP contribution is 2.23. The van der Waals surface area contributed by atoms with Crippen LogP contribution in [0.1, 0.15) is 37.7 Å². The molecule has 2 aromatic rings. The maximum Gasteiger partial charge on any atom is 0.270 e. The van der Waals surface area contributed by atoms with Gasteiger partial charge in [0.2, 0.25) is 0 Å². The number of aromatic nitrogens is 2. The Labute approximate surface area is 165 Å². The molecule has 0 saturated carbocycles. The van der Waals surface area contributed by atoms with Crippen LogP contribution < -0.4 is 5.32 Å². The number of piperidine rings is 1. The molecular weight excluding hydrogens is 415 g/mol. The highest BCUT2D eigenvalue weighted by atomic mass is 79.9. The van der Waals surface area contributed by atoms with E-state index in [4.69, 9.17) is 0 Å². The average Bonchev–Trinajstić information content (AvgIpc) is 2.62. The number of carbonyl (C=O) groups excluding carboxylic acids is 2. The van der Waals surface area contributed by atoms with Gasteiger partial charge >= 0.3 is 0 Å². The van der Waals surface area contributed by atoms with Gasteiger partial charge in [-0.1, -0.05) is 6.92 Å². The van der Waals surface area contributed by atoms with Gasteiger partial charge in [0.15, 0.2) is 5.67 Å². The van der Waals surface area contributed by atoms with Gasteiger partial charge in [-0.25, -0.2) is 9.37 Å². The minimum atomic E-state index is -1.92. The van der Waals surface area contributed by atoms with E-state index >= 15 is 0 Å². The predicted molar refractivity (Wildman–Crippen MR) is 104 cm³/mol. The number of amides is 2. The normalized spacial score (nSPS) is 20.6. The van der Waals surface area contributed by atoms with E-state index in [1.807, 2.05) is 6.92 Å². The second-order valence-electron chi connectivity index (χ2n) is 7.46. The standard InChI is InChI=1S/C19H22BrFN4O2/c1-11-6-7-25(18(27)19(2,3)21)10-15(11)24-17(26)14-5-4-12-8-22-9-13(20)16(12)23-14/h4-5,8-9,11,15H,6-7,10H2,1-3H3,(H,24,26). The summed E-state index contributed by atoms with van der Waals surface area (Å²) in [5, 5.41) is 3.78. The third-order valence-corrected chi connectivity index (χ3v) is 5.44. The number of hydrogen-bond acceptors (Lipinski definition) is 4. The number of nitrogens with zero attached hydrogens (tertiary/aromatic N) is 3. The fourth-order valence-corrected chi connectivity index (χ4v) is 3.63. The molecule has 0 aromatic carbocycles. The third-order valence-electron chi connectivity index (χ3n) is 4.86. The largest absolute Gasteiger partial charge is 0.346 e. The van der Waals surface area contributed by atoms with Crippen LogP contribution in [0.5, 0.6) is 0 Å². The Kier molecular flexibility index (Phi) is 5.46. The van der Waals surface area contributed by atoms with Crippen molar-refractivity contribution in [1.29, 1.82) is 0 Å². The van der Waals surface area contributed by atoms with E-state index in [0.29, 0.717) is 29.5 Å². The van der Waals surface area contributed by atoms with E-state index in [1.165, 1.54) is 18.7 Å². The number of halogens is 2.